The van der Waals surface area contributed by atoms with Crippen molar-refractivity contribution in [3.05, 3.63) is 0 Å². The second-order valence-corrected chi connectivity index (χ2v) is 5.34. The first-order valence-corrected chi connectivity index (χ1v) is 6.63. The Balaban J connectivity index is 2.60. The van der Waals surface area contributed by atoms with Crippen LogP contribution >= 0.6 is 0 Å². The van der Waals surface area contributed by atoms with Crippen LogP contribution in [0.25, 0.3) is 0 Å². The maximum atomic E-state index is 12.0. The molecule has 1 aliphatic rings. The molecule has 0 aromatic rings. The van der Waals surface area contributed by atoms with E-state index in [2.05, 4.69) is 0 Å². The largest absolute Gasteiger partial charge is 0.480 e. The summed E-state index contributed by atoms with van der Waals surface area (Å²) in [6.45, 7) is 4.08. The average Bonchev–Trinajstić information content (AvgIpc) is 2.79. The standard InChI is InChI=1S/C13H24N2O3/c1-10(2)14(3)12(16)8-15(9-13(17)18)11-6-4-5-7-11/h10-11H,4-9H2,1-3H3,(H,17,18). The Bertz CT molecular complexity index is 299. The molecular formula is C13H24N2O3. The number of carbonyl (C=O) groups excluding carboxylic acids is 1. The number of rotatable bonds is 6. The molecule has 0 saturated heterocycles. The molecule has 104 valence electrons. The van der Waals surface area contributed by atoms with Crippen molar-refractivity contribution in [2.45, 2.75) is 51.6 Å². The van der Waals surface area contributed by atoms with Gasteiger partial charge in [-0.3, -0.25) is 14.5 Å². The lowest BCUT2D eigenvalue weighted by atomic mass is 10.2. The van der Waals surface area contributed by atoms with Crippen molar-refractivity contribution in [1.82, 2.24) is 9.80 Å². The number of hydrogen-bond acceptors (Lipinski definition) is 3. The SMILES string of the molecule is CC(C)N(C)C(=O)CN(CC(=O)O)C1CCCC1. The minimum atomic E-state index is -0.859. The minimum Gasteiger partial charge on any atom is -0.480 e. The summed E-state index contributed by atoms with van der Waals surface area (Å²) in [5.74, 6) is -0.861. The molecule has 18 heavy (non-hydrogen) atoms. The third-order valence-electron chi connectivity index (χ3n) is 3.69. The number of carboxylic acids is 1. The lowest BCUT2D eigenvalue weighted by Gasteiger charge is -2.30. The van der Waals surface area contributed by atoms with E-state index in [4.69, 9.17) is 5.11 Å². The predicted molar refractivity (Wildman–Crippen MR) is 69.4 cm³/mol. The zero-order valence-electron chi connectivity index (χ0n) is 11.6. The highest BCUT2D eigenvalue weighted by Crippen LogP contribution is 2.23. The fraction of sp³-hybridized carbons (Fsp3) is 0.846. The summed E-state index contributed by atoms with van der Waals surface area (Å²) in [7, 11) is 1.76. The van der Waals surface area contributed by atoms with E-state index < -0.39 is 5.97 Å². The van der Waals surface area contributed by atoms with Gasteiger partial charge in [0.25, 0.3) is 0 Å². The van der Waals surface area contributed by atoms with Gasteiger partial charge in [-0.15, -0.1) is 0 Å². The molecule has 0 aliphatic heterocycles. The lowest BCUT2D eigenvalue weighted by molar-refractivity contribution is -0.140. The summed E-state index contributed by atoms with van der Waals surface area (Å²) in [4.78, 5) is 26.4. The summed E-state index contributed by atoms with van der Waals surface area (Å²) in [6, 6.07) is 0.401. The van der Waals surface area contributed by atoms with Crippen molar-refractivity contribution in [2.75, 3.05) is 20.1 Å². The van der Waals surface area contributed by atoms with E-state index in [0.29, 0.717) is 0 Å². The molecule has 0 aromatic carbocycles. The van der Waals surface area contributed by atoms with Crippen LogP contribution in [0.2, 0.25) is 0 Å². The molecule has 0 atom stereocenters. The molecule has 0 unspecified atom stereocenters. The fourth-order valence-corrected chi connectivity index (χ4v) is 2.33. The number of carboxylic acid groups (broad SMARTS) is 1. The Labute approximate surface area is 109 Å². The minimum absolute atomic E-state index is 0.00171. The van der Waals surface area contributed by atoms with Gasteiger partial charge in [0.05, 0.1) is 13.1 Å². The fourth-order valence-electron chi connectivity index (χ4n) is 2.33. The van der Waals surface area contributed by atoms with E-state index in [0.717, 1.165) is 25.7 Å². The van der Waals surface area contributed by atoms with Crippen molar-refractivity contribution in [3.63, 3.8) is 0 Å². The van der Waals surface area contributed by atoms with Gasteiger partial charge < -0.3 is 10.0 Å². The molecule has 5 heteroatoms. The maximum Gasteiger partial charge on any atom is 0.317 e. The second kappa shape index (κ2) is 6.73. The molecule has 0 spiro atoms. The molecule has 0 bridgehead atoms. The summed E-state index contributed by atoms with van der Waals surface area (Å²) in [5.41, 5.74) is 0. The molecule has 1 fully saturated rings. The average molecular weight is 256 g/mol. The van der Waals surface area contributed by atoms with Crippen LogP contribution in [0.15, 0.2) is 0 Å². The first-order valence-electron chi connectivity index (χ1n) is 6.63. The monoisotopic (exact) mass is 256 g/mol. The summed E-state index contributed by atoms with van der Waals surface area (Å²) in [5, 5.41) is 8.94. The van der Waals surface area contributed by atoms with E-state index >= 15 is 0 Å². The van der Waals surface area contributed by atoms with Crippen molar-refractivity contribution in [3.8, 4) is 0 Å². The molecule has 5 nitrogen and oxygen atoms in total. The Morgan fingerprint density at radius 3 is 2.22 bits per heavy atom. The molecule has 1 aliphatic carbocycles. The number of nitrogens with zero attached hydrogens (tertiary/aromatic N) is 2. The first-order chi connectivity index (χ1) is 8.41. The number of aliphatic carboxylic acids is 1. The van der Waals surface area contributed by atoms with Crippen molar-refractivity contribution >= 4 is 11.9 Å². The molecule has 1 rings (SSSR count). The third kappa shape index (κ3) is 4.29. The van der Waals surface area contributed by atoms with E-state index in [9.17, 15) is 9.59 Å². The number of amides is 1. The molecular weight excluding hydrogens is 232 g/mol. The molecule has 1 saturated carbocycles. The maximum absolute atomic E-state index is 12.0. The highest BCUT2D eigenvalue weighted by Gasteiger charge is 2.27. The summed E-state index contributed by atoms with van der Waals surface area (Å²) < 4.78 is 0. The van der Waals surface area contributed by atoms with Crippen molar-refractivity contribution in [2.24, 2.45) is 0 Å². The Hall–Kier alpha value is -1.10. The topological polar surface area (TPSA) is 60.9 Å². The van der Waals surface area contributed by atoms with Gasteiger partial charge in [0.1, 0.15) is 0 Å². The van der Waals surface area contributed by atoms with Crippen LogP contribution in [0.4, 0.5) is 0 Å². The van der Waals surface area contributed by atoms with Gasteiger partial charge in [0, 0.05) is 19.1 Å². The zero-order valence-corrected chi connectivity index (χ0v) is 11.6. The van der Waals surface area contributed by atoms with Gasteiger partial charge in [-0.1, -0.05) is 12.8 Å². The first kappa shape index (κ1) is 15.0. The van der Waals surface area contributed by atoms with Crippen LogP contribution in [0.3, 0.4) is 0 Å². The van der Waals surface area contributed by atoms with Crippen molar-refractivity contribution in [1.29, 1.82) is 0 Å². The van der Waals surface area contributed by atoms with Crippen LogP contribution < -0.4 is 0 Å². The third-order valence-corrected chi connectivity index (χ3v) is 3.69. The Morgan fingerprint density at radius 2 is 1.78 bits per heavy atom. The summed E-state index contributed by atoms with van der Waals surface area (Å²) in [6.07, 6.45) is 4.28. The molecule has 0 radical (unpaired) electrons. The van der Waals surface area contributed by atoms with E-state index in [1.165, 1.54) is 0 Å². The number of likely N-dealkylation sites (N-methyl/N-ethyl adjacent to an activating group) is 1. The molecule has 1 amide bonds. The van der Waals surface area contributed by atoms with Gasteiger partial charge >= 0.3 is 5.97 Å². The van der Waals surface area contributed by atoms with Gasteiger partial charge in [-0.25, -0.2) is 0 Å². The van der Waals surface area contributed by atoms with Crippen LogP contribution in [0.1, 0.15) is 39.5 Å². The van der Waals surface area contributed by atoms with Gasteiger partial charge in [0.15, 0.2) is 0 Å². The smallest absolute Gasteiger partial charge is 0.317 e. The van der Waals surface area contributed by atoms with Crippen LogP contribution in [-0.4, -0.2) is 59.0 Å². The van der Waals surface area contributed by atoms with E-state index in [-0.39, 0.29) is 31.1 Å². The Morgan fingerprint density at radius 1 is 1.22 bits per heavy atom. The zero-order chi connectivity index (χ0) is 13.7. The van der Waals surface area contributed by atoms with Crippen LogP contribution in [0.5, 0.6) is 0 Å². The highest BCUT2D eigenvalue weighted by atomic mass is 16.4. The van der Waals surface area contributed by atoms with E-state index in [1.54, 1.807) is 11.9 Å². The van der Waals surface area contributed by atoms with Gasteiger partial charge in [-0.2, -0.15) is 0 Å². The van der Waals surface area contributed by atoms with Crippen LogP contribution in [0, 0.1) is 0 Å². The van der Waals surface area contributed by atoms with E-state index in [1.807, 2.05) is 18.7 Å². The predicted octanol–water partition coefficient (Wildman–Crippen LogP) is 1.18. The lowest BCUT2D eigenvalue weighted by Crippen LogP contribution is -2.46. The summed E-state index contributed by atoms with van der Waals surface area (Å²) >= 11 is 0. The van der Waals surface area contributed by atoms with Crippen LogP contribution in [-0.2, 0) is 9.59 Å². The molecule has 0 heterocycles. The number of hydrogen-bond donors (Lipinski definition) is 1. The molecule has 0 aromatic heterocycles. The van der Waals surface area contributed by atoms with Gasteiger partial charge in [-0.05, 0) is 26.7 Å². The highest BCUT2D eigenvalue weighted by molar-refractivity contribution is 5.79. The molecule has 1 N–H and O–H groups in total. The van der Waals surface area contributed by atoms with Gasteiger partial charge in [0.2, 0.25) is 5.91 Å². The van der Waals surface area contributed by atoms with Crippen molar-refractivity contribution < 1.29 is 14.7 Å². The quantitative estimate of drug-likeness (QED) is 0.775. The number of carbonyl (C=O) groups is 2. The normalized spacial score (nSPS) is 16.5. The second-order valence-electron chi connectivity index (χ2n) is 5.34. The Kier molecular flexibility index (Phi) is 5.59.